The Labute approximate surface area is 242 Å². The van der Waals surface area contributed by atoms with E-state index in [1.54, 1.807) is 6.07 Å². The molecule has 7 aliphatic rings. The van der Waals surface area contributed by atoms with Gasteiger partial charge in [0.05, 0.1) is 4.75 Å². The van der Waals surface area contributed by atoms with Crippen LogP contribution < -0.4 is 5.32 Å². The van der Waals surface area contributed by atoms with E-state index in [2.05, 4.69) is 40.8 Å². The number of amides is 1. The molecular weight excluding hydrogens is 534 g/mol. The topological polar surface area (TPSA) is 92.5 Å². The minimum Gasteiger partial charge on any atom is -0.360 e. The zero-order valence-electron chi connectivity index (χ0n) is 23.7. The van der Waals surface area contributed by atoms with Crippen molar-refractivity contribution < 1.29 is 17.7 Å². The molecule has 9 rings (SSSR count). The van der Waals surface area contributed by atoms with Crippen LogP contribution in [0.1, 0.15) is 91.9 Å². The number of nitrogens with one attached hydrogen (secondary N) is 1. The number of nitrogens with zero attached hydrogens (tertiary/aromatic N) is 2. The zero-order valence-corrected chi connectivity index (χ0v) is 24.5. The van der Waals surface area contributed by atoms with Crippen LogP contribution in [0.3, 0.4) is 0 Å². The van der Waals surface area contributed by atoms with Gasteiger partial charge in [-0.3, -0.25) is 4.79 Å². The lowest BCUT2D eigenvalue weighted by Crippen LogP contribution is -2.75. The number of aryl methyl sites for hydroxylation is 1. The number of aromatic nitrogens is 1. The highest BCUT2D eigenvalue weighted by molar-refractivity contribution is 7.90. The first-order chi connectivity index (χ1) is 19.8. The Morgan fingerprint density at radius 1 is 1.00 bits per heavy atom. The van der Waals surface area contributed by atoms with E-state index in [1.807, 2.05) is 4.31 Å². The number of hydrogen-bond donors (Lipinski definition) is 1. The van der Waals surface area contributed by atoms with E-state index in [9.17, 15) is 13.2 Å². The Hall–Kier alpha value is -2.19. The average molecular weight is 576 g/mol. The quantitative estimate of drug-likeness (QED) is 0.470. The van der Waals surface area contributed by atoms with Crippen molar-refractivity contribution in [2.45, 2.75) is 87.3 Å². The van der Waals surface area contributed by atoms with Crippen molar-refractivity contribution in [2.24, 2.45) is 40.9 Å². The predicted octanol–water partition coefficient (Wildman–Crippen LogP) is 5.15. The molecule has 1 amide bonds. The van der Waals surface area contributed by atoms with E-state index in [1.165, 1.54) is 31.2 Å². The van der Waals surface area contributed by atoms with Gasteiger partial charge in [-0.1, -0.05) is 35.5 Å². The lowest BCUT2D eigenvalue weighted by atomic mass is 9.42. The van der Waals surface area contributed by atoms with E-state index in [0.29, 0.717) is 46.6 Å². The first-order valence-corrected chi connectivity index (χ1v) is 17.6. The van der Waals surface area contributed by atoms with Crippen molar-refractivity contribution in [1.29, 1.82) is 0 Å². The molecule has 1 aliphatic heterocycles. The molecule has 7 nitrogen and oxygen atoms in total. The standard InChI is InChI=1S/C33H41N3O4S/c37-31(28-13-29(40-35-28)22-6-7-22)34-26-11-23-16-33(17-24(12-26)30(23)33)41(38,39)36-18-21-10-27-25(19-36)15-32(27,14-21)9-8-20-4-2-1-3-5-20/h1-5,13,21-27,30H,6-12,14-19H2,(H,34,37)/t21?,23-,24+,25?,26?,27?,30?,32?,33?. The van der Waals surface area contributed by atoms with Gasteiger partial charge in [0, 0.05) is 31.1 Å². The summed E-state index contributed by atoms with van der Waals surface area (Å²) in [6, 6.07) is 12.7. The van der Waals surface area contributed by atoms with Gasteiger partial charge >= 0.3 is 0 Å². The van der Waals surface area contributed by atoms with E-state index < -0.39 is 14.8 Å². The molecule has 6 saturated carbocycles. The lowest BCUT2D eigenvalue weighted by molar-refractivity contribution is -0.109. The van der Waals surface area contributed by atoms with Crippen LogP contribution in [0.15, 0.2) is 40.9 Å². The third-order valence-electron chi connectivity index (χ3n) is 12.9. The Balaban J connectivity index is 0.835. The highest BCUT2D eigenvalue weighted by Gasteiger charge is 2.74. The van der Waals surface area contributed by atoms with Gasteiger partial charge in [-0.05, 0) is 117 Å². The third-order valence-corrected chi connectivity index (χ3v) is 15.5. The molecule has 6 aliphatic carbocycles. The van der Waals surface area contributed by atoms with Gasteiger partial charge in [-0.2, -0.15) is 0 Å². The second-order valence-corrected chi connectivity index (χ2v) is 17.4. The number of carbonyl (C=O) groups excluding carboxylic acids is 1. The fourth-order valence-electron chi connectivity index (χ4n) is 11.1. The highest BCUT2D eigenvalue weighted by Crippen LogP contribution is 2.71. The molecular formula is C33H41N3O4S. The largest absolute Gasteiger partial charge is 0.360 e. The number of benzene rings is 1. The van der Waals surface area contributed by atoms with Crippen LogP contribution >= 0.6 is 0 Å². The second kappa shape index (κ2) is 8.68. The molecule has 0 radical (unpaired) electrons. The van der Waals surface area contributed by atoms with Crippen molar-refractivity contribution >= 4 is 15.9 Å². The van der Waals surface area contributed by atoms with Gasteiger partial charge in [0.15, 0.2) is 5.69 Å². The summed E-state index contributed by atoms with van der Waals surface area (Å²) in [6.45, 7) is 1.49. The molecule has 8 heteroatoms. The monoisotopic (exact) mass is 575 g/mol. The molecule has 1 aromatic heterocycles. The zero-order chi connectivity index (χ0) is 27.6. The SMILES string of the molecule is O=C(NC1C[C@@H]2CC3(S(=O)(=O)N4CC5CC6C(C4)CC6(CCc4ccccc4)C5)C[C@H](C1)C23)c1cc(C2CC2)on1. The summed E-state index contributed by atoms with van der Waals surface area (Å²) in [5.74, 6) is 3.96. The Kier molecular flexibility index (Phi) is 5.36. The van der Waals surface area contributed by atoms with Crippen LogP contribution in [0.5, 0.6) is 0 Å². The van der Waals surface area contributed by atoms with Crippen LogP contribution in [0, 0.1) is 40.9 Å². The summed E-state index contributed by atoms with van der Waals surface area (Å²) in [5, 5.41) is 7.21. The number of sulfonamides is 1. The van der Waals surface area contributed by atoms with Crippen molar-refractivity contribution in [1.82, 2.24) is 14.8 Å². The molecule has 0 spiro atoms. The molecule has 2 heterocycles. The van der Waals surface area contributed by atoms with E-state index >= 15 is 0 Å². The molecule has 1 aromatic carbocycles. The number of hydrogen-bond acceptors (Lipinski definition) is 5. The minimum absolute atomic E-state index is 0.101. The first-order valence-electron chi connectivity index (χ1n) is 16.1. The average Bonchev–Trinajstić information content (AvgIpc) is 3.60. The Morgan fingerprint density at radius 2 is 1.78 bits per heavy atom. The van der Waals surface area contributed by atoms with Crippen molar-refractivity contribution in [3.05, 3.63) is 53.4 Å². The van der Waals surface area contributed by atoms with Crippen molar-refractivity contribution in [3.8, 4) is 0 Å². The van der Waals surface area contributed by atoms with Gasteiger partial charge < -0.3 is 9.84 Å². The normalized spacial score (nSPS) is 42.3. The van der Waals surface area contributed by atoms with Crippen molar-refractivity contribution in [2.75, 3.05) is 13.1 Å². The molecule has 41 heavy (non-hydrogen) atoms. The Morgan fingerprint density at radius 3 is 2.54 bits per heavy atom. The summed E-state index contributed by atoms with van der Waals surface area (Å²) in [4.78, 5) is 12.9. The van der Waals surface area contributed by atoms with Crippen LogP contribution in [-0.2, 0) is 16.4 Å². The number of rotatable bonds is 8. The summed E-state index contributed by atoms with van der Waals surface area (Å²) in [7, 11) is -3.32. The summed E-state index contributed by atoms with van der Waals surface area (Å²) >= 11 is 0. The van der Waals surface area contributed by atoms with Gasteiger partial charge in [0.1, 0.15) is 5.76 Å². The fourth-order valence-corrected chi connectivity index (χ4v) is 14.0. The maximum atomic E-state index is 14.3. The summed E-state index contributed by atoms with van der Waals surface area (Å²) < 4.78 is 35.4. The molecule has 7 unspecified atom stereocenters. The van der Waals surface area contributed by atoms with Gasteiger partial charge in [-0.15, -0.1) is 0 Å². The fraction of sp³-hybridized carbons (Fsp3) is 0.697. The molecule has 1 saturated heterocycles. The molecule has 2 bridgehead atoms. The molecule has 2 aromatic rings. The van der Waals surface area contributed by atoms with Crippen LogP contribution in [-0.4, -0.2) is 47.7 Å². The van der Waals surface area contributed by atoms with Crippen LogP contribution in [0.4, 0.5) is 0 Å². The summed E-state index contributed by atoms with van der Waals surface area (Å²) in [6.07, 6.45) is 11.6. The molecule has 218 valence electrons. The van der Waals surface area contributed by atoms with E-state index in [0.717, 1.165) is 63.8 Å². The highest BCUT2D eigenvalue weighted by atomic mass is 32.2. The van der Waals surface area contributed by atoms with Crippen LogP contribution in [0.25, 0.3) is 0 Å². The van der Waals surface area contributed by atoms with Crippen molar-refractivity contribution in [3.63, 3.8) is 0 Å². The van der Waals surface area contributed by atoms with Gasteiger partial charge in [-0.25, -0.2) is 12.7 Å². The predicted molar refractivity (Wildman–Crippen MR) is 153 cm³/mol. The number of fused-ring (bicyclic) bond motifs is 1. The molecule has 9 atom stereocenters. The lowest BCUT2D eigenvalue weighted by Gasteiger charge is -2.70. The molecule has 1 N–H and O–H groups in total. The second-order valence-electron chi connectivity index (χ2n) is 15.1. The molecule has 7 fully saturated rings. The maximum absolute atomic E-state index is 14.3. The van der Waals surface area contributed by atoms with E-state index in [-0.39, 0.29) is 17.9 Å². The first kappa shape index (κ1) is 25.3. The number of carbonyl (C=O) groups is 1. The van der Waals surface area contributed by atoms with Crippen LogP contribution in [0.2, 0.25) is 0 Å². The van der Waals surface area contributed by atoms with E-state index in [4.69, 9.17) is 4.52 Å². The van der Waals surface area contributed by atoms with Gasteiger partial charge in [0.2, 0.25) is 10.0 Å². The summed E-state index contributed by atoms with van der Waals surface area (Å²) in [5.41, 5.74) is 2.27. The smallest absolute Gasteiger partial charge is 0.273 e. The van der Waals surface area contributed by atoms with Gasteiger partial charge in [0.25, 0.3) is 5.91 Å². The maximum Gasteiger partial charge on any atom is 0.273 e. The Bertz CT molecular complexity index is 1460. The third kappa shape index (κ3) is 3.68. The minimum atomic E-state index is -3.32.